The Morgan fingerprint density at radius 1 is 1.19 bits per heavy atom. The first-order valence-electron chi connectivity index (χ1n) is 8.51. The van der Waals surface area contributed by atoms with Crippen LogP contribution in [-0.4, -0.2) is 45.5 Å². The normalized spacial score (nSPS) is 12.6. The molecule has 2 aromatic carbocycles. The van der Waals surface area contributed by atoms with Crippen molar-refractivity contribution in [2.24, 2.45) is 5.14 Å². The van der Waals surface area contributed by atoms with E-state index in [1.54, 1.807) is 6.92 Å². The summed E-state index contributed by atoms with van der Waals surface area (Å²) in [5, 5.41) is 7.82. The monoisotopic (exact) mass is 391 g/mol. The van der Waals surface area contributed by atoms with E-state index in [1.807, 2.05) is 43.1 Å². The molecule has 0 aliphatic heterocycles. The topological polar surface area (TPSA) is 102 Å². The Morgan fingerprint density at radius 3 is 2.41 bits per heavy atom. The molecule has 3 N–H and O–H groups in total. The number of carbonyl (C=O) groups is 1. The van der Waals surface area contributed by atoms with Crippen molar-refractivity contribution in [2.75, 3.05) is 25.5 Å². The maximum atomic E-state index is 12.4. The summed E-state index contributed by atoms with van der Waals surface area (Å²) in [5.74, 6) is 0.634. The number of aryl methyl sites for hydroxylation is 1. The van der Waals surface area contributed by atoms with Gasteiger partial charge in [-0.2, -0.15) is 0 Å². The Morgan fingerprint density at radius 2 is 1.81 bits per heavy atom. The third kappa shape index (κ3) is 6.06. The number of benzene rings is 2. The molecule has 0 fully saturated rings. The van der Waals surface area contributed by atoms with E-state index in [-0.39, 0.29) is 16.8 Å². The summed E-state index contributed by atoms with van der Waals surface area (Å²) in [6.07, 6.45) is 0. The maximum Gasteiger partial charge on any atom is 0.241 e. The van der Waals surface area contributed by atoms with E-state index in [1.165, 1.54) is 24.3 Å². The van der Waals surface area contributed by atoms with Crippen molar-refractivity contribution in [3.63, 3.8) is 0 Å². The Hall–Kier alpha value is -2.42. The number of nitrogens with zero attached hydrogens (tertiary/aromatic N) is 1. The molecule has 0 aliphatic rings. The minimum absolute atomic E-state index is 0.000908. The highest BCUT2D eigenvalue weighted by atomic mass is 32.2. The van der Waals surface area contributed by atoms with Crippen LogP contribution in [0, 0.1) is 6.92 Å². The highest BCUT2D eigenvalue weighted by Crippen LogP contribution is 2.16. The first-order valence-corrected chi connectivity index (χ1v) is 10.1. The third-order valence-corrected chi connectivity index (χ3v) is 5.22. The summed E-state index contributed by atoms with van der Waals surface area (Å²) >= 11 is 0. The van der Waals surface area contributed by atoms with E-state index in [0.29, 0.717) is 18.8 Å². The standard InChI is InChI=1S/C19H25N3O4S/c1-14-6-4-5-7-18(14)26-13-12-22(3)15(2)19(23)21-16-8-10-17(11-9-16)27(20,24)25/h4-11,15H,12-13H2,1-3H3,(H,21,23)(H2,20,24,25). The van der Waals surface area contributed by atoms with Crippen LogP contribution in [0.5, 0.6) is 5.75 Å². The largest absolute Gasteiger partial charge is 0.492 e. The average Bonchev–Trinajstić information content (AvgIpc) is 2.62. The predicted octanol–water partition coefficient (Wildman–Crippen LogP) is 1.98. The molecule has 8 heteroatoms. The minimum atomic E-state index is -3.75. The zero-order valence-corrected chi connectivity index (χ0v) is 16.5. The number of hydrogen-bond donors (Lipinski definition) is 2. The molecule has 1 unspecified atom stereocenters. The van der Waals surface area contributed by atoms with E-state index < -0.39 is 10.0 Å². The molecule has 146 valence electrons. The van der Waals surface area contributed by atoms with E-state index >= 15 is 0 Å². The molecule has 0 heterocycles. The number of para-hydroxylation sites is 1. The van der Waals surface area contributed by atoms with E-state index in [9.17, 15) is 13.2 Å². The number of nitrogens with two attached hydrogens (primary N) is 1. The number of rotatable bonds is 8. The number of carbonyl (C=O) groups excluding carboxylic acids is 1. The zero-order valence-electron chi connectivity index (χ0n) is 15.7. The van der Waals surface area contributed by atoms with Gasteiger partial charge in [0.25, 0.3) is 0 Å². The van der Waals surface area contributed by atoms with Crippen LogP contribution in [0.25, 0.3) is 0 Å². The lowest BCUT2D eigenvalue weighted by molar-refractivity contribution is -0.120. The second kappa shape index (κ2) is 8.98. The van der Waals surface area contributed by atoms with Gasteiger partial charge in [-0.05, 0) is 56.8 Å². The molecule has 0 saturated heterocycles. The number of hydrogen-bond acceptors (Lipinski definition) is 5. The fourth-order valence-corrected chi connectivity index (χ4v) is 2.90. The number of likely N-dealkylation sites (N-methyl/N-ethyl adjacent to an activating group) is 1. The Balaban J connectivity index is 1.85. The van der Waals surface area contributed by atoms with Gasteiger partial charge in [-0.1, -0.05) is 18.2 Å². The summed E-state index contributed by atoms with van der Waals surface area (Å²) < 4.78 is 28.3. The van der Waals surface area contributed by atoms with E-state index in [2.05, 4.69) is 5.32 Å². The van der Waals surface area contributed by atoms with Crippen LogP contribution in [0.1, 0.15) is 12.5 Å². The highest BCUT2D eigenvalue weighted by Gasteiger charge is 2.18. The lowest BCUT2D eigenvalue weighted by Gasteiger charge is -2.24. The molecule has 0 radical (unpaired) electrons. The van der Waals surface area contributed by atoms with Gasteiger partial charge in [-0.15, -0.1) is 0 Å². The van der Waals surface area contributed by atoms with Crippen molar-refractivity contribution in [1.82, 2.24) is 4.90 Å². The molecular weight excluding hydrogens is 366 g/mol. The molecule has 0 saturated carbocycles. The molecule has 0 bridgehead atoms. The van der Waals surface area contributed by atoms with Gasteiger partial charge in [0, 0.05) is 12.2 Å². The third-order valence-electron chi connectivity index (χ3n) is 4.29. The second-order valence-electron chi connectivity index (χ2n) is 6.33. The van der Waals surface area contributed by atoms with Crippen LogP contribution in [0.3, 0.4) is 0 Å². The van der Waals surface area contributed by atoms with Crippen molar-refractivity contribution in [3.8, 4) is 5.75 Å². The summed E-state index contributed by atoms with van der Waals surface area (Å²) in [6, 6.07) is 13.1. The summed E-state index contributed by atoms with van der Waals surface area (Å²) in [5.41, 5.74) is 1.57. The van der Waals surface area contributed by atoms with Crippen LogP contribution in [0.2, 0.25) is 0 Å². The fourth-order valence-electron chi connectivity index (χ4n) is 2.39. The molecule has 27 heavy (non-hydrogen) atoms. The van der Waals surface area contributed by atoms with Gasteiger partial charge in [-0.25, -0.2) is 13.6 Å². The van der Waals surface area contributed by atoms with Crippen molar-refractivity contribution in [3.05, 3.63) is 54.1 Å². The number of primary sulfonamides is 1. The molecule has 1 amide bonds. The first kappa shape index (κ1) is 20.9. The highest BCUT2D eigenvalue weighted by molar-refractivity contribution is 7.89. The van der Waals surface area contributed by atoms with Crippen LogP contribution < -0.4 is 15.2 Å². The Labute approximate surface area is 160 Å². The molecule has 2 rings (SSSR count). The number of nitrogens with one attached hydrogen (secondary N) is 1. The molecule has 0 spiro atoms. The van der Waals surface area contributed by atoms with Crippen LogP contribution in [0.15, 0.2) is 53.4 Å². The van der Waals surface area contributed by atoms with Gasteiger partial charge in [0.05, 0.1) is 10.9 Å². The smallest absolute Gasteiger partial charge is 0.241 e. The molecule has 0 aromatic heterocycles. The van der Waals surface area contributed by atoms with Crippen LogP contribution >= 0.6 is 0 Å². The first-order chi connectivity index (χ1) is 12.7. The maximum absolute atomic E-state index is 12.4. The lowest BCUT2D eigenvalue weighted by atomic mass is 10.2. The second-order valence-corrected chi connectivity index (χ2v) is 7.89. The van der Waals surface area contributed by atoms with Gasteiger partial charge >= 0.3 is 0 Å². The molecule has 0 aliphatic carbocycles. The van der Waals surface area contributed by atoms with Gasteiger partial charge in [-0.3, -0.25) is 9.69 Å². The molecule has 1 atom stereocenters. The van der Waals surface area contributed by atoms with Gasteiger partial charge in [0.1, 0.15) is 12.4 Å². The molecule has 2 aromatic rings. The zero-order chi connectivity index (χ0) is 20.0. The Kier molecular flexibility index (Phi) is 6.95. The van der Waals surface area contributed by atoms with Crippen molar-refractivity contribution < 1.29 is 17.9 Å². The number of anilines is 1. The molecule has 7 nitrogen and oxygen atoms in total. The van der Waals surface area contributed by atoms with Crippen molar-refractivity contribution >= 4 is 21.6 Å². The van der Waals surface area contributed by atoms with Gasteiger partial charge < -0.3 is 10.1 Å². The van der Waals surface area contributed by atoms with Crippen LogP contribution in [0.4, 0.5) is 5.69 Å². The van der Waals surface area contributed by atoms with Crippen molar-refractivity contribution in [1.29, 1.82) is 0 Å². The van der Waals surface area contributed by atoms with Crippen LogP contribution in [-0.2, 0) is 14.8 Å². The van der Waals surface area contributed by atoms with Crippen molar-refractivity contribution in [2.45, 2.75) is 24.8 Å². The Bertz CT molecular complexity index is 882. The lowest BCUT2D eigenvalue weighted by Crippen LogP contribution is -2.41. The van der Waals surface area contributed by atoms with Gasteiger partial charge in [0.2, 0.25) is 15.9 Å². The fraction of sp³-hybridized carbons (Fsp3) is 0.316. The SMILES string of the molecule is Cc1ccccc1OCCN(C)C(C)C(=O)Nc1ccc(S(N)(=O)=O)cc1. The number of sulfonamides is 1. The minimum Gasteiger partial charge on any atom is -0.492 e. The average molecular weight is 391 g/mol. The number of ether oxygens (including phenoxy) is 1. The number of amides is 1. The van der Waals surface area contributed by atoms with E-state index in [4.69, 9.17) is 9.88 Å². The quantitative estimate of drug-likeness (QED) is 0.716. The van der Waals surface area contributed by atoms with E-state index in [0.717, 1.165) is 11.3 Å². The molecular formula is C19H25N3O4S. The summed E-state index contributed by atoms with van der Waals surface area (Å²) in [6.45, 7) is 4.81. The predicted molar refractivity (Wildman–Crippen MR) is 105 cm³/mol. The summed E-state index contributed by atoms with van der Waals surface area (Å²) in [7, 11) is -1.91. The van der Waals surface area contributed by atoms with Gasteiger partial charge in [0.15, 0.2) is 0 Å². The summed E-state index contributed by atoms with van der Waals surface area (Å²) in [4.78, 5) is 14.3.